The lowest BCUT2D eigenvalue weighted by Gasteiger charge is -1.99. The van der Waals surface area contributed by atoms with Crippen molar-refractivity contribution >= 4 is 22.5 Å². The molecule has 2 nitrogen and oxygen atoms in total. The maximum Gasteiger partial charge on any atom is 0.129 e. The Hall–Kier alpha value is -1.12. The summed E-state index contributed by atoms with van der Waals surface area (Å²) in [4.78, 5) is 4.04. The predicted molar refractivity (Wildman–Crippen MR) is 52.7 cm³/mol. The molecule has 0 amide bonds. The number of hydrogen-bond acceptors (Lipinski definition) is 2. The van der Waals surface area contributed by atoms with Crippen molar-refractivity contribution in [2.75, 3.05) is 0 Å². The van der Waals surface area contributed by atoms with Gasteiger partial charge in [-0.1, -0.05) is 23.7 Å². The summed E-state index contributed by atoms with van der Waals surface area (Å²) in [6.07, 6.45) is 0. The van der Waals surface area contributed by atoms with Gasteiger partial charge in [0.2, 0.25) is 0 Å². The molecule has 0 aliphatic heterocycles. The smallest absolute Gasteiger partial charge is 0.129 e. The Balaban J connectivity index is 2.64. The maximum atomic E-state index is 9.19. The molecule has 66 valence electrons. The Morgan fingerprint density at radius 2 is 2.15 bits per heavy atom. The quantitative estimate of drug-likeness (QED) is 0.709. The molecule has 13 heavy (non-hydrogen) atoms. The molecule has 0 aliphatic carbocycles. The Kier molecular flexibility index (Phi) is 1.62. The molecule has 1 aromatic heterocycles. The van der Waals surface area contributed by atoms with E-state index in [0.29, 0.717) is 10.7 Å². The average Bonchev–Trinajstić information content (AvgIpc) is 2.15. The van der Waals surface area contributed by atoms with Gasteiger partial charge in [-0.2, -0.15) is 0 Å². The van der Waals surface area contributed by atoms with E-state index in [4.69, 9.17) is 14.3 Å². The monoisotopic (exact) mass is 195 g/mol. The van der Waals surface area contributed by atoms with Gasteiger partial charge in [0.1, 0.15) is 5.15 Å². The molecule has 0 saturated carbocycles. The van der Waals surface area contributed by atoms with Crippen molar-refractivity contribution in [2.45, 2.75) is 6.56 Å². The molecular formula is C10H8ClNO. The molecule has 1 N–H and O–H groups in total. The summed E-state index contributed by atoms with van der Waals surface area (Å²) in [7, 11) is 0. The molecule has 1 aromatic carbocycles. The summed E-state index contributed by atoms with van der Waals surface area (Å²) in [6, 6.07) is 8.17. The van der Waals surface area contributed by atoms with Crippen LogP contribution in [0, 0.1) is 0 Å². The highest BCUT2D eigenvalue weighted by atomic mass is 35.5. The van der Waals surface area contributed by atoms with Gasteiger partial charge in [0, 0.05) is 5.39 Å². The minimum absolute atomic E-state index is 0.171. The molecule has 3 heteroatoms. The Bertz CT molecular complexity index is 510. The zero-order valence-electron chi connectivity index (χ0n) is 8.66. The van der Waals surface area contributed by atoms with Crippen LogP contribution in [0.5, 0.6) is 0 Å². The van der Waals surface area contributed by atoms with E-state index in [9.17, 15) is 5.11 Å². The molecule has 2 rings (SSSR count). The minimum atomic E-state index is -2.35. The highest BCUT2D eigenvalue weighted by Crippen LogP contribution is 2.16. The van der Waals surface area contributed by atoms with Crippen LogP contribution < -0.4 is 0 Å². The van der Waals surface area contributed by atoms with E-state index in [1.54, 1.807) is 18.2 Å². The van der Waals surface area contributed by atoms with Gasteiger partial charge in [0.25, 0.3) is 0 Å². The average molecular weight is 196 g/mol. The van der Waals surface area contributed by atoms with Gasteiger partial charge in [-0.25, -0.2) is 4.98 Å². The molecule has 0 spiro atoms. The fraction of sp³-hybridized carbons (Fsp3) is 0.100. The summed E-state index contributed by atoms with van der Waals surface area (Å²) < 4.78 is 14.3. The number of pyridine rings is 1. The molecule has 0 saturated heterocycles. The topological polar surface area (TPSA) is 33.1 Å². The standard InChI is InChI=1S/C10H8ClNO/c11-10-4-3-8-2-1-7(6-13)5-9(8)12-10/h1-5,13H,6H2/i6D2. The number of aliphatic hydroxyl groups is 1. The number of nitrogens with zero attached hydrogens (tertiary/aromatic N) is 1. The molecule has 0 bridgehead atoms. The third-order valence-corrected chi connectivity index (χ3v) is 2.00. The third kappa shape index (κ3) is 1.64. The highest BCUT2D eigenvalue weighted by Gasteiger charge is 1.97. The van der Waals surface area contributed by atoms with Crippen molar-refractivity contribution in [2.24, 2.45) is 0 Å². The number of fused-ring (bicyclic) bond motifs is 1. The van der Waals surface area contributed by atoms with Crippen LogP contribution in [0.2, 0.25) is 5.15 Å². The second-order valence-corrected chi connectivity index (χ2v) is 3.04. The zero-order valence-corrected chi connectivity index (χ0v) is 7.42. The fourth-order valence-electron chi connectivity index (χ4n) is 1.16. The molecule has 0 unspecified atom stereocenters. The lowest BCUT2D eigenvalue weighted by atomic mass is 10.1. The van der Waals surface area contributed by atoms with Crippen LogP contribution in [0.15, 0.2) is 30.3 Å². The van der Waals surface area contributed by atoms with Crippen LogP contribution in [0.25, 0.3) is 10.9 Å². The van der Waals surface area contributed by atoms with E-state index in [0.717, 1.165) is 5.39 Å². The number of rotatable bonds is 1. The summed E-state index contributed by atoms with van der Waals surface area (Å²) in [5.74, 6) is 0. The second kappa shape index (κ2) is 3.32. The van der Waals surface area contributed by atoms with Gasteiger partial charge in [-0.3, -0.25) is 0 Å². The van der Waals surface area contributed by atoms with Crippen molar-refractivity contribution < 1.29 is 7.85 Å². The Labute approximate surface area is 83.6 Å². The zero-order chi connectivity index (χ0) is 11.1. The molecule has 1 heterocycles. The lowest BCUT2D eigenvalue weighted by Crippen LogP contribution is -1.85. The Morgan fingerprint density at radius 3 is 2.92 bits per heavy atom. The largest absolute Gasteiger partial charge is 0.392 e. The van der Waals surface area contributed by atoms with Crippen LogP contribution in [0.1, 0.15) is 8.30 Å². The fourth-order valence-corrected chi connectivity index (χ4v) is 1.32. The summed E-state index contributed by atoms with van der Waals surface area (Å²) in [6.45, 7) is -2.35. The van der Waals surface area contributed by atoms with Crippen molar-refractivity contribution in [3.8, 4) is 0 Å². The predicted octanol–water partition coefficient (Wildman–Crippen LogP) is 2.38. The van der Waals surface area contributed by atoms with E-state index in [1.807, 2.05) is 0 Å². The van der Waals surface area contributed by atoms with Crippen LogP contribution in [-0.4, -0.2) is 10.1 Å². The SMILES string of the molecule is [2H]C([2H])(O)c1ccc2ccc(Cl)nc2c1. The molecule has 0 atom stereocenters. The van der Waals surface area contributed by atoms with Gasteiger partial charge >= 0.3 is 0 Å². The normalized spacial score (nSPS) is 14.0. The van der Waals surface area contributed by atoms with Crippen LogP contribution >= 0.6 is 11.6 Å². The summed E-state index contributed by atoms with van der Waals surface area (Å²) in [5.41, 5.74) is 0.739. The van der Waals surface area contributed by atoms with Crippen molar-refractivity contribution in [1.82, 2.24) is 4.98 Å². The number of halogens is 1. The van der Waals surface area contributed by atoms with Crippen molar-refractivity contribution in [1.29, 1.82) is 0 Å². The first-order chi connectivity index (χ1) is 6.97. The van der Waals surface area contributed by atoms with Crippen molar-refractivity contribution in [3.63, 3.8) is 0 Å². The molecular weight excluding hydrogens is 186 g/mol. The lowest BCUT2D eigenvalue weighted by molar-refractivity contribution is 0.282. The van der Waals surface area contributed by atoms with E-state index in [2.05, 4.69) is 4.98 Å². The van der Waals surface area contributed by atoms with Crippen LogP contribution in [0.4, 0.5) is 0 Å². The molecule has 0 fully saturated rings. The first-order valence-corrected chi connectivity index (χ1v) is 4.14. The van der Waals surface area contributed by atoms with E-state index >= 15 is 0 Å². The Morgan fingerprint density at radius 1 is 1.38 bits per heavy atom. The molecule has 0 aliphatic rings. The van der Waals surface area contributed by atoms with E-state index < -0.39 is 6.56 Å². The third-order valence-electron chi connectivity index (χ3n) is 1.79. The first-order valence-electron chi connectivity index (χ1n) is 4.76. The summed E-state index contributed by atoms with van der Waals surface area (Å²) in [5, 5.41) is 10.4. The number of hydrogen-bond donors (Lipinski definition) is 1. The number of benzene rings is 1. The van der Waals surface area contributed by atoms with Gasteiger partial charge in [-0.05, 0) is 23.8 Å². The van der Waals surface area contributed by atoms with Gasteiger partial charge in [0.05, 0.1) is 14.8 Å². The summed E-state index contributed by atoms with van der Waals surface area (Å²) >= 11 is 5.72. The van der Waals surface area contributed by atoms with Crippen LogP contribution in [-0.2, 0) is 6.56 Å². The number of aromatic nitrogens is 1. The van der Waals surface area contributed by atoms with Gasteiger partial charge in [-0.15, -0.1) is 0 Å². The maximum absolute atomic E-state index is 9.19. The van der Waals surface area contributed by atoms with E-state index in [-0.39, 0.29) is 5.56 Å². The van der Waals surface area contributed by atoms with Crippen LogP contribution in [0.3, 0.4) is 0 Å². The molecule has 0 radical (unpaired) electrons. The van der Waals surface area contributed by atoms with Crippen molar-refractivity contribution in [3.05, 3.63) is 41.0 Å². The highest BCUT2D eigenvalue weighted by molar-refractivity contribution is 6.29. The van der Waals surface area contributed by atoms with Gasteiger partial charge in [0.15, 0.2) is 0 Å². The molecule has 2 aromatic rings. The van der Waals surface area contributed by atoms with Gasteiger partial charge < -0.3 is 5.11 Å². The second-order valence-electron chi connectivity index (χ2n) is 2.65. The first kappa shape index (κ1) is 6.35. The van der Waals surface area contributed by atoms with E-state index in [1.165, 1.54) is 12.1 Å². The minimum Gasteiger partial charge on any atom is -0.392 e.